The molecule has 2 aliphatic heterocycles. The van der Waals surface area contributed by atoms with Crippen LogP contribution in [0.2, 0.25) is 0 Å². The number of carbonyl (C=O) groups is 4. The van der Waals surface area contributed by atoms with Gasteiger partial charge in [0.05, 0.1) is 11.3 Å². The summed E-state index contributed by atoms with van der Waals surface area (Å²) in [5.74, 6) is -1.56. The van der Waals surface area contributed by atoms with Crippen molar-refractivity contribution in [3.63, 3.8) is 0 Å². The Labute approximate surface area is 204 Å². The summed E-state index contributed by atoms with van der Waals surface area (Å²) in [6.07, 6.45) is 1.80. The molecule has 8 nitrogen and oxygen atoms in total. The first-order valence-corrected chi connectivity index (χ1v) is 12.1. The molecule has 0 aromatic heterocycles. The number of rotatable bonds is 7. The van der Waals surface area contributed by atoms with E-state index >= 15 is 0 Å². The molecule has 1 atom stereocenters. The quantitative estimate of drug-likeness (QED) is 0.575. The first-order valence-electron chi connectivity index (χ1n) is 12.1. The molecule has 0 spiro atoms. The van der Waals surface area contributed by atoms with Gasteiger partial charge in [-0.05, 0) is 44.4 Å². The number of nitrogens with zero attached hydrogens (tertiary/aromatic N) is 3. The van der Waals surface area contributed by atoms with Crippen molar-refractivity contribution in [2.24, 2.45) is 0 Å². The van der Waals surface area contributed by atoms with Crippen molar-refractivity contribution in [2.75, 3.05) is 11.5 Å². The van der Waals surface area contributed by atoms with Gasteiger partial charge in [0.1, 0.15) is 0 Å². The van der Waals surface area contributed by atoms with Gasteiger partial charge in [0.2, 0.25) is 11.6 Å². The van der Waals surface area contributed by atoms with E-state index in [-0.39, 0.29) is 42.6 Å². The number of para-hydroxylation sites is 1. The number of hydrogen-bond donors (Lipinski definition) is 0. The predicted octanol–water partition coefficient (Wildman–Crippen LogP) is 3.11. The molecule has 5 rings (SSSR count). The van der Waals surface area contributed by atoms with Crippen LogP contribution in [-0.2, 0) is 25.7 Å². The molecular weight excluding hydrogens is 446 g/mol. The number of fused-ring (bicyclic) bond motifs is 3. The Kier molecular flexibility index (Phi) is 5.83. The molecule has 2 aromatic carbocycles. The lowest BCUT2D eigenvalue weighted by Gasteiger charge is -2.48. The number of anilines is 1. The van der Waals surface area contributed by atoms with Crippen LogP contribution < -0.4 is 4.90 Å². The first kappa shape index (κ1) is 23.1. The Hall–Kier alpha value is -3.68. The molecule has 35 heavy (non-hydrogen) atoms. The van der Waals surface area contributed by atoms with Crippen LogP contribution in [0.15, 0.2) is 54.6 Å². The van der Waals surface area contributed by atoms with E-state index in [9.17, 15) is 19.2 Å². The highest BCUT2D eigenvalue weighted by Crippen LogP contribution is 2.49. The maximum atomic E-state index is 13.7. The number of benzene rings is 2. The molecule has 8 heteroatoms. The number of ether oxygens (including phenoxy) is 1. The topological polar surface area (TPSA) is 87.2 Å². The second kappa shape index (κ2) is 8.83. The molecule has 1 unspecified atom stereocenters. The zero-order chi connectivity index (χ0) is 24.7. The lowest BCUT2D eigenvalue weighted by molar-refractivity contribution is -0.163. The first-order chi connectivity index (χ1) is 16.8. The van der Waals surface area contributed by atoms with Gasteiger partial charge in [-0.25, -0.2) is 4.79 Å². The van der Waals surface area contributed by atoms with E-state index in [4.69, 9.17) is 4.74 Å². The van der Waals surface area contributed by atoms with E-state index in [1.807, 2.05) is 44.2 Å². The smallest absolute Gasteiger partial charge is 0.354 e. The van der Waals surface area contributed by atoms with E-state index in [0.717, 1.165) is 18.4 Å². The van der Waals surface area contributed by atoms with E-state index in [1.165, 1.54) is 9.80 Å². The van der Waals surface area contributed by atoms with Crippen LogP contribution in [-0.4, -0.2) is 57.8 Å². The molecule has 3 amide bonds. The fraction of sp³-hybridized carbons (Fsp3) is 0.407. The SMILES string of the molecule is CC(C)N(Cc1ccccc1)C(=O)COC(=O)C12CCC(=O)N1c1ccccc1C(=O)N2C1CC1. The van der Waals surface area contributed by atoms with Crippen molar-refractivity contribution < 1.29 is 23.9 Å². The lowest BCUT2D eigenvalue weighted by atomic mass is 9.96. The lowest BCUT2D eigenvalue weighted by Crippen LogP contribution is -2.69. The second-order valence-electron chi connectivity index (χ2n) is 9.65. The van der Waals surface area contributed by atoms with Gasteiger partial charge >= 0.3 is 5.97 Å². The van der Waals surface area contributed by atoms with Gasteiger partial charge in [0, 0.05) is 31.5 Å². The van der Waals surface area contributed by atoms with Crippen molar-refractivity contribution in [2.45, 2.75) is 63.8 Å². The van der Waals surface area contributed by atoms with E-state index < -0.39 is 18.2 Å². The third-order valence-corrected chi connectivity index (χ3v) is 7.00. The number of amides is 3. The van der Waals surface area contributed by atoms with Gasteiger partial charge < -0.3 is 14.5 Å². The summed E-state index contributed by atoms with van der Waals surface area (Å²) in [5.41, 5.74) is 0.254. The number of carbonyl (C=O) groups excluding carboxylic acids is 4. The van der Waals surface area contributed by atoms with Crippen molar-refractivity contribution >= 4 is 29.4 Å². The highest BCUT2D eigenvalue weighted by atomic mass is 16.5. The maximum absolute atomic E-state index is 13.7. The Morgan fingerprint density at radius 3 is 2.43 bits per heavy atom. The summed E-state index contributed by atoms with van der Waals surface area (Å²) >= 11 is 0. The van der Waals surface area contributed by atoms with Gasteiger partial charge in [-0.1, -0.05) is 42.5 Å². The molecular formula is C27H29N3O5. The summed E-state index contributed by atoms with van der Waals surface area (Å²) in [4.78, 5) is 58.0. The van der Waals surface area contributed by atoms with Crippen LogP contribution in [0, 0.1) is 0 Å². The highest BCUT2D eigenvalue weighted by molar-refractivity contribution is 6.15. The fourth-order valence-electron chi connectivity index (χ4n) is 5.18. The van der Waals surface area contributed by atoms with Gasteiger partial charge in [-0.2, -0.15) is 0 Å². The van der Waals surface area contributed by atoms with Crippen molar-refractivity contribution in [1.29, 1.82) is 0 Å². The van der Waals surface area contributed by atoms with E-state index in [1.54, 1.807) is 29.2 Å². The second-order valence-corrected chi connectivity index (χ2v) is 9.65. The summed E-state index contributed by atoms with van der Waals surface area (Å²) in [6, 6.07) is 16.2. The van der Waals surface area contributed by atoms with Gasteiger partial charge in [0.15, 0.2) is 6.61 Å². The minimum absolute atomic E-state index is 0.102. The number of hydrogen-bond acceptors (Lipinski definition) is 5. The third-order valence-electron chi connectivity index (χ3n) is 7.00. The third kappa shape index (κ3) is 3.87. The molecule has 182 valence electrons. The molecule has 3 aliphatic rings. The maximum Gasteiger partial charge on any atom is 0.354 e. The molecule has 1 saturated carbocycles. The summed E-state index contributed by atoms with van der Waals surface area (Å²) in [5, 5.41) is 0. The average molecular weight is 476 g/mol. The molecule has 2 heterocycles. The molecule has 0 bridgehead atoms. The molecule has 2 aromatic rings. The molecule has 1 saturated heterocycles. The number of esters is 1. The fourth-order valence-corrected chi connectivity index (χ4v) is 5.18. The van der Waals surface area contributed by atoms with Crippen LogP contribution in [0.3, 0.4) is 0 Å². The summed E-state index contributed by atoms with van der Waals surface area (Å²) in [7, 11) is 0. The molecule has 2 fully saturated rings. The Morgan fingerprint density at radius 1 is 1.06 bits per heavy atom. The van der Waals surface area contributed by atoms with Gasteiger partial charge in [0.25, 0.3) is 11.8 Å². The van der Waals surface area contributed by atoms with Crippen LogP contribution in [0.4, 0.5) is 5.69 Å². The minimum atomic E-state index is -1.55. The van der Waals surface area contributed by atoms with Crippen LogP contribution in [0.25, 0.3) is 0 Å². The highest BCUT2D eigenvalue weighted by Gasteiger charge is 2.64. The normalized spacial score (nSPS) is 21.1. The summed E-state index contributed by atoms with van der Waals surface area (Å²) < 4.78 is 5.62. The summed E-state index contributed by atoms with van der Waals surface area (Å²) in [6.45, 7) is 3.75. The van der Waals surface area contributed by atoms with E-state index in [0.29, 0.717) is 17.8 Å². The van der Waals surface area contributed by atoms with Crippen LogP contribution in [0.1, 0.15) is 55.5 Å². The predicted molar refractivity (Wildman–Crippen MR) is 128 cm³/mol. The zero-order valence-electron chi connectivity index (χ0n) is 20.0. The van der Waals surface area contributed by atoms with Crippen molar-refractivity contribution in [3.05, 3.63) is 65.7 Å². The van der Waals surface area contributed by atoms with Gasteiger partial charge in [-0.15, -0.1) is 0 Å². The Balaban J connectivity index is 1.41. The molecule has 0 radical (unpaired) electrons. The average Bonchev–Trinajstić information content (AvgIpc) is 3.63. The minimum Gasteiger partial charge on any atom is -0.452 e. The largest absolute Gasteiger partial charge is 0.452 e. The van der Waals surface area contributed by atoms with Crippen LogP contribution >= 0.6 is 0 Å². The van der Waals surface area contributed by atoms with Crippen molar-refractivity contribution in [1.82, 2.24) is 9.80 Å². The zero-order valence-corrected chi connectivity index (χ0v) is 20.0. The standard InChI is InChI=1S/C27H29N3O5/c1-18(2)28(16-19-8-4-3-5-9-19)24(32)17-35-26(34)27-15-14-23(31)30(27)22-11-7-6-10-21(22)25(33)29(27)20-12-13-20/h3-11,18,20H,12-17H2,1-2H3. The monoisotopic (exact) mass is 475 g/mol. The Morgan fingerprint density at radius 2 is 1.74 bits per heavy atom. The molecule has 0 N–H and O–H groups in total. The van der Waals surface area contributed by atoms with Gasteiger partial charge in [-0.3, -0.25) is 19.3 Å². The molecule has 1 aliphatic carbocycles. The van der Waals surface area contributed by atoms with Crippen molar-refractivity contribution in [3.8, 4) is 0 Å². The Bertz CT molecular complexity index is 1180. The van der Waals surface area contributed by atoms with E-state index in [2.05, 4.69) is 0 Å². The van der Waals surface area contributed by atoms with Crippen LogP contribution in [0.5, 0.6) is 0 Å².